The molecule has 6 rings (SSSR count). The van der Waals surface area contributed by atoms with Crippen LogP contribution in [0.4, 0.5) is 0 Å². The van der Waals surface area contributed by atoms with Gasteiger partial charge in [0.05, 0.1) is 18.7 Å². The number of halogens is 1. The molecule has 0 unspecified atom stereocenters. The van der Waals surface area contributed by atoms with Gasteiger partial charge in [0, 0.05) is 54.5 Å². The molecule has 0 aliphatic carbocycles. The first-order valence-corrected chi connectivity index (χ1v) is 12.8. The Morgan fingerprint density at radius 1 is 0.921 bits per heavy atom. The van der Waals surface area contributed by atoms with Gasteiger partial charge in [0.25, 0.3) is 5.91 Å². The third-order valence-electron chi connectivity index (χ3n) is 6.82. The standard InChI is InChI=1S/C29H26ClN3O5/c30-21-4-1-19(2-5-21)15-31-29(35)24-17-33(22-6-8-26-27(14-22)38-18-37-26)25-7-3-20(13-23(25)28(24)34)16-32-9-11-36-12-10-32/h1-8,13-14,17H,9-12,15-16,18H2,(H,31,35). The molecule has 9 heteroatoms. The number of pyridine rings is 1. The molecule has 0 saturated carbocycles. The molecule has 1 saturated heterocycles. The number of carbonyl (C=O) groups excluding carboxylic acids is 1. The minimum Gasteiger partial charge on any atom is -0.454 e. The number of ether oxygens (including phenoxy) is 3. The van der Waals surface area contributed by atoms with Crippen molar-refractivity contribution >= 4 is 28.4 Å². The highest BCUT2D eigenvalue weighted by molar-refractivity contribution is 6.30. The van der Waals surface area contributed by atoms with E-state index in [1.54, 1.807) is 18.3 Å². The normalized spacial score (nSPS) is 15.1. The summed E-state index contributed by atoms with van der Waals surface area (Å²) in [6, 6.07) is 18.6. The summed E-state index contributed by atoms with van der Waals surface area (Å²) in [5, 5.41) is 3.98. The second kappa shape index (κ2) is 10.5. The Labute approximate surface area is 224 Å². The fourth-order valence-electron chi connectivity index (χ4n) is 4.78. The Hall–Kier alpha value is -3.85. The zero-order valence-corrected chi connectivity index (χ0v) is 21.4. The number of carbonyl (C=O) groups is 1. The van der Waals surface area contributed by atoms with Gasteiger partial charge in [0.15, 0.2) is 11.5 Å². The van der Waals surface area contributed by atoms with Crippen LogP contribution in [0.15, 0.2) is 71.7 Å². The van der Waals surface area contributed by atoms with Gasteiger partial charge in [-0.1, -0.05) is 29.8 Å². The Bertz CT molecular complexity index is 1560. The second-order valence-electron chi connectivity index (χ2n) is 9.33. The van der Waals surface area contributed by atoms with Gasteiger partial charge >= 0.3 is 0 Å². The highest BCUT2D eigenvalue weighted by Crippen LogP contribution is 2.34. The van der Waals surface area contributed by atoms with Crippen molar-refractivity contribution in [2.24, 2.45) is 0 Å². The van der Waals surface area contributed by atoms with E-state index in [0.717, 1.165) is 29.9 Å². The maximum atomic E-state index is 13.7. The van der Waals surface area contributed by atoms with Crippen LogP contribution in [-0.4, -0.2) is 48.5 Å². The molecule has 8 nitrogen and oxygen atoms in total. The molecule has 1 aromatic heterocycles. The maximum Gasteiger partial charge on any atom is 0.257 e. The van der Waals surface area contributed by atoms with Crippen LogP contribution in [0.1, 0.15) is 21.5 Å². The van der Waals surface area contributed by atoms with Crippen LogP contribution in [0.5, 0.6) is 11.5 Å². The minimum atomic E-state index is -0.445. The fraction of sp³-hybridized carbons (Fsp3) is 0.241. The zero-order valence-electron chi connectivity index (χ0n) is 20.6. The van der Waals surface area contributed by atoms with Crippen LogP contribution in [-0.2, 0) is 17.8 Å². The molecule has 38 heavy (non-hydrogen) atoms. The Morgan fingerprint density at radius 3 is 2.50 bits per heavy atom. The van der Waals surface area contributed by atoms with Crippen molar-refractivity contribution < 1.29 is 19.0 Å². The van der Waals surface area contributed by atoms with Gasteiger partial charge in [0.2, 0.25) is 12.2 Å². The molecule has 0 atom stereocenters. The molecular formula is C29H26ClN3O5. The smallest absolute Gasteiger partial charge is 0.257 e. The molecular weight excluding hydrogens is 506 g/mol. The Balaban J connectivity index is 1.40. The van der Waals surface area contributed by atoms with Crippen molar-refractivity contribution in [1.82, 2.24) is 14.8 Å². The van der Waals surface area contributed by atoms with E-state index in [1.807, 2.05) is 53.1 Å². The van der Waals surface area contributed by atoms with Crippen molar-refractivity contribution in [2.75, 3.05) is 33.1 Å². The lowest BCUT2D eigenvalue weighted by molar-refractivity contribution is 0.0342. The van der Waals surface area contributed by atoms with Gasteiger partial charge in [-0.2, -0.15) is 0 Å². The van der Waals surface area contributed by atoms with E-state index in [9.17, 15) is 9.59 Å². The van der Waals surface area contributed by atoms with E-state index in [4.69, 9.17) is 25.8 Å². The summed E-state index contributed by atoms with van der Waals surface area (Å²) in [6.07, 6.45) is 1.60. The summed E-state index contributed by atoms with van der Waals surface area (Å²) in [4.78, 5) is 29.3. The van der Waals surface area contributed by atoms with Crippen molar-refractivity contribution in [3.05, 3.63) is 98.8 Å². The summed E-state index contributed by atoms with van der Waals surface area (Å²) in [6.45, 7) is 4.21. The molecule has 2 aliphatic heterocycles. The van der Waals surface area contributed by atoms with Gasteiger partial charge in [-0.3, -0.25) is 14.5 Å². The van der Waals surface area contributed by atoms with Gasteiger partial charge in [-0.25, -0.2) is 0 Å². The van der Waals surface area contributed by atoms with E-state index in [2.05, 4.69) is 10.2 Å². The van der Waals surface area contributed by atoms with E-state index < -0.39 is 5.91 Å². The Morgan fingerprint density at radius 2 is 1.68 bits per heavy atom. The number of nitrogens with zero attached hydrogens (tertiary/aromatic N) is 2. The Kier molecular flexibility index (Phi) is 6.76. The van der Waals surface area contributed by atoms with Gasteiger partial charge < -0.3 is 24.1 Å². The molecule has 0 radical (unpaired) electrons. The average molecular weight is 532 g/mol. The molecule has 1 fully saturated rings. The predicted molar refractivity (Wildman–Crippen MR) is 144 cm³/mol. The quantitative estimate of drug-likeness (QED) is 0.403. The number of rotatable bonds is 6. The van der Waals surface area contributed by atoms with Crippen molar-refractivity contribution in [1.29, 1.82) is 0 Å². The van der Waals surface area contributed by atoms with Crippen molar-refractivity contribution in [3.8, 4) is 17.2 Å². The molecule has 1 amide bonds. The molecule has 0 bridgehead atoms. The van der Waals surface area contributed by atoms with Crippen LogP contribution in [0.3, 0.4) is 0 Å². The topological polar surface area (TPSA) is 82.0 Å². The summed E-state index contributed by atoms with van der Waals surface area (Å²) in [7, 11) is 0. The van der Waals surface area contributed by atoms with E-state index in [1.165, 1.54) is 0 Å². The van der Waals surface area contributed by atoms with Crippen molar-refractivity contribution in [2.45, 2.75) is 13.1 Å². The summed E-state index contributed by atoms with van der Waals surface area (Å²) < 4.78 is 18.3. The van der Waals surface area contributed by atoms with Gasteiger partial charge in [0.1, 0.15) is 5.56 Å². The molecule has 4 aromatic rings. The first-order valence-electron chi connectivity index (χ1n) is 12.5. The first kappa shape index (κ1) is 24.5. The maximum absolute atomic E-state index is 13.7. The average Bonchev–Trinajstić information content (AvgIpc) is 3.42. The third-order valence-corrected chi connectivity index (χ3v) is 7.08. The lowest BCUT2D eigenvalue weighted by Crippen LogP contribution is -2.35. The number of fused-ring (bicyclic) bond motifs is 2. The van der Waals surface area contributed by atoms with Crippen LogP contribution < -0.4 is 20.2 Å². The fourth-order valence-corrected chi connectivity index (χ4v) is 4.91. The lowest BCUT2D eigenvalue weighted by Gasteiger charge is -2.26. The zero-order chi connectivity index (χ0) is 26.1. The minimum absolute atomic E-state index is 0.0626. The highest BCUT2D eigenvalue weighted by Gasteiger charge is 2.20. The van der Waals surface area contributed by atoms with E-state index in [-0.39, 0.29) is 24.3 Å². The predicted octanol–water partition coefficient (Wildman–Crippen LogP) is 4.14. The number of hydrogen-bond donors (Lipinski definition) is 1. The highest BCUT2D eigenvalue weighted by atomic mass is 35.5. The third kappa shape index (κ3) is 4.98. The summed E-state index contributed by atoms with van der Waals surface area (Å²) in [5.74, 6) is 0.833. The molecule has 3 aromatic carbocycles. The number of morpholine rings is 1. The van der Waals surface area contributed by atoms with E-state index >= 15 is 0 Å². The molecule has 1 N–H and O–H groups in total. The van der Waals surface area contributed by atoms with E-state index in [0.29, 0.717) is 47.2 Å². The molecule has 2 aliphatic rings. The summed E-state index contributed by atoms with van der Waals surface area (Å²) in [5.41, 5.74) is 3.10. The largest absolute Gasteiger partial charge is 0.454 e. The lowest BCUT2D eigenvalue weighted by atomic mass is 10.1. The molecule has 0 spiro atoms. The number of amides is 1. The van der Waals surface area contributed by atoms with Crippen LogP contribution in [0.2, 0.25) is 5.02 Å². The second-order valence-corrected chi connectivity index (χ2v) is 9.77. The number of aromatic nitrogens is 1. The molecule has 3 heterocycles. The van der Waals surface area contributed by atoms with Crippen LogP contribution >= 0.6 is 11.6 Å². The number of benzene rings is 3. The SMILES string of the molecule is O=C(NCc1ccc(Cl)cc1)c1cn(-c2ccc3c(c2)OCO3)c2ccc(CN3CCOCC3)cc2c1=O. The van der Waals surface area contributed by atoms with Crippen molar-refractivity contribution in [3.63, 3.8) is 0 Å². The first-order chi connectivity index (χ1) is 18.5. The van der Waals surface area contributed by atoms with Crippen LogP contribution in [0, 0.1) is 0 Å². The molecule has 194 valence electrons. The summed E-state index contributed by atoms with van der Waals surface area (Å²) >= 11 is 5.97. The van der Waals surface area contributed by atoms with Crippen LogP contribution in [0.25, 0.3) is 16.6 Å². The monoisotopic (exact) mass is 531 g/mol. The van der Waals surface area contributed by atoms with Gasteiger partial charge in [-0.15, -0.1) is 0 Å². The van der Waals surface area contributed by atoms with Gasteiger partial charge in [-0.05, 0) is 47.5 Å². The number of hydrogen-bond acceptors (Lipinski definition) is 6. The number of nitrogens with one attached hydrogen (secondary N) is 1.